The highest BCUT2D eigenvalue weighted by molar-refractivity contribution is 5.96. The van der Waals surface area contributed by atoms with Crippen molar-refractivity contribution in [1.29, 1.82) is 0 Å². The number of piperidine rings is 1. The number of primary amides is 1. The molecule has 3 aromatic rings. The monoisotopic (exact) mass is 1070 g/mol. The van der Waals surface area contributed by atoms with Crippen LogP contribution < -0.4 is 32.3 Å². The quantitative estimate of drug-likeness (QED) is 0.0409. The lowest BCUT2D eigenvalue weighted by Gasteiger charge is -2.34. The van der Waals surface area contributed by atoms with Crippen LogP contribution in [0.2, 0.25) is 0 Å². The molecule has 2 aliphatic heterocycles. The third-order valence-electron chi connectivity index (χ3n) is 13.6. The second-order valence-electron chi connectivity index (χ2n) is 19.7. The van der Waals surface area contributed by atoms with Crippen molar-refractivity contribution in [1.82, 2.24) is 56.1 Å². The van der Waals surface area contributed by atoms with Crippen LogP contribution in [0.4, 0.5) is 0 Å². The number of aromatic amines is 1. The van der Waals surface area contributed by atoms with Gasteiger partial charge in [0, 0.05) is 108 Å². The Hall–Kier alpha value is -7.32. The average Bonchev–Trinajstić information content (AvgIpc) is 3.78. The maximum atomic E-state index is 14.3. The Balaban J connectivity index is 1.20. The summed E-state index contributed by atoms with van der Waals surface area (Å²) >= 11 is 0. The number of para-hydroxylation sites is 1. The number of amides is 6. The molecule has 25 nitrogen and oxygen atoms in total. The van der Waals surface area contributed by atoms with E-state index in [-0.39, 0.29) is 128 Å². The molecule has 0 saturated carbocycles. The smallest absolute Gasteiger partial charge is 0.317 e. The van der Waals surface area contributed by atoms with E-state index in [4.69, 9.17) is 5.73 Å². The molecule has 0 radical (unpaired) electrons. The van der Waals surface area contributed by atoms with Gasteiger partial charge in [0.1, 0.15) is 18.1 Å². The molecule has 0 unspecified atom stereocenters. The standard InChI is InChI=1S/C52H74N12O13/c1-34(35(2)65)55-51(76)43(27-37-28-54-40-11-7-6-10-39(37)40)59-50(75)41(12-13-44(53)66)58-52(77)42(26-36-8-4-3-5-9-36)57-46(68)30-60-16-14-38(15-17-60)56-45(67)29-61-18-20-62(31-47(69)70)22-24-64(33-49(73)74)25-23-63(21-19-61)32-48(71)72/h3-11,28,34,38,41-43,54H,12-27,29-33H2,1-2H3,(H2,53,66)(H,55,76)(H,56,67)(H,57,68)(H,58,77)(H,59,75)(H,69,70)(H,71,72)(H,73,74)/t34-,41-,42+,43-/m0/s1. The number of carbonyl (C=O) groups excluding carboxylic acids is 7. The van der Waals surface area contributed by atoms with Gasteiger partial charge in [-0.15, -0.1) is 0 Å². The molecule has 0 bridgehead atoms. The molecule has 6 amide bonds. The predicted octanol–water partition coefficient (Wildman–Crippen LogP) is -2.18. The number of Topliss-reactive ketones (excluding diaryl/α,β-unsaturated/α-hetero) is 1. The topological polar surface area (TPSA) is 350 Å². The summed E-state index contributed by atoms with van der Waals surface area (Å²) in [5.41, 5.74) is 7.69. The molecular formula is C52H74N12O13. The van der Waals surface area contributed by atoms with Crippen LogP contribution in [0, 0.1) is 0 Å². The molecule has 5 rings (SSSR count). The van der Waals surface area contributed by atoms with Crippen molar-refractivity contribution in [2.24, 2.45) is 5.73 Å². The van der Waals surface area contributed by atoms with Crippen LogP contribution in [0.15, 0.2) is 60.8 Å². The minimum atomic E-state index is -1.38. The Kier molecular flexibility index (Phi) is 23.9. The summed E-state index contributed by atoms with van der Waals surface area (Å²) in [5, 5.41) is 43.3. The molecule has 77 heavy (non-hydrogen) atoms. The van der Waals surface area contributed by atoms with E-state index in [1.165, 1.54) is 13.8 Å². The number of hydrogen-bond donors (Lipinski definition) is 10. The van der Waals surface area contributed by atoms with E-state index in [0.29, 0.717) is 37.1 Å². The number of carbonyl (C=O) groups is 10. The number of carboxylic acid groups (broad SMARTS) is 3. The van der Waals surface area contributed by atoms with Crippen molar-refractivity contribution < 1.29 is 63.3 Å². The van der Waals surface area contributed by atoms with E-state index in [1.807, 2.05) is 34.1 Å². The number of fused-ring (bicyclic) bond motifs is 1. The Morgan fingerprint density at radius 1 is 0.571 bits per heavy atom. The van der Waals surface area contributed by atoms with E-state index in [2.05, 4.69) is 31.6 Å². The summed E-state index contributed by atoms with van der Waals surface area (Å²) in [6, 6.07) is 11.4. The molecule has 2 aromatic carbocycles. The van der Waals surface area contributed by atoms with Gasteiger partial charge in [-0.2, -0.15) is 0 Å². The minimum absolute atomic E-state index is 0.00475. The number of aromatic nitrogens is 1. The molecule has 2 aliphatic rings. The Bertz CT molecular complexity index is 2490. The van der Waals surface area contributed by atoms with Gasteiger partial charge in [0.15, 0.2) is 5.78 Å². The number of nitrogens with two attached hydrogens (primary N) is 1. The SMILES string of the molecule is CC(=O)[C@H](C)NC(=O)[C@H](Cc1c[nH]c2ccccc12)NC(=O)[C@H](CCC(N)=O)NC(=O)[C@@H](Cc1ccccc1)NC(=O)CN1CCC(NC(=O)CN2CCN(CC(=O)O)CCN(CC(=O)O)CCN(CC(=O)O)CC2)CC1. The second kappa shape index (κ2) is 30.4. The van der Waals surface area contributed by atoms with Crippen LogP contribution in [-0.2, 0) is 60.8 Å². The molecule has 1 aromatic heterocycles. The fourth-order valence-corrected chi connectivity index (χ4v) is 9.24. The largest absolute Gasteiger partial charge is 0.480 e. The number of ketones is 1. The van der Waals surface area contributed by atoms with Crippen LogP contribution in [0.5, 0.6) is 0 Å². The van der Waals surface area contributed by atoms with Crippen LogP contribution in [0.25, 0.3) is 10.9 Å². The van der Waals surface area contributed by atoms with E-state index < -0.39 is 71.6 Å². The zero-order valence-electron chi connectivity index (χ0n) is 43.7. The van der Waals surface area contributed by atoms with Gasteiger partial charge in [-0.05, 0) is 50.3 Å². The van der Waals surface area contributed by atoms with Gasteiger partial charge in [0.2, 0.25) is 35.4 Å². The van der Waals surface area contributed by atoms with Gasteiger partial charge in [0.05, 0.1) is 38.8 Å². The van der Waals surface area contributed by atoms with Crippen LogP contribution in [-0.4, -0.2) is 232 Å². The highest BCUT2D eigenvalue weighted by Gasteiger charge is 2.33. The number of benzene rings is 2. The van der Waals surface area contributed by atoms with E-state index in [9.17, 15) is 63.3 Å². The van der Waals surface area contributed by atoms with E-state index >= 15 is 0 Å². The average molecular weight is 1080 g/mol. The molecule has 11 N–H and O–H groups in total. The van der Waals surface area contributed by atoms with Crippen molar-refractivity contribution in [2.45, 2.75) is 82.6 Å². The lowest BCUT2D eigenvalue weighted by atomic mass is 10.0. The third kappa shape index (κ3) is 21.3. The first-order valence-corrected chi connectivity index (χ1v) is 25.9. The van der Waals surface area contributed by atoms with Gasteiger partial charge >= 0.3 is 17.9 Å². The fourth-order valence-electron chi connectivity index (χ4n) is 9.24. The van der Waals surface area contributed by atoms with Crippen LogP contribution in [0.1, 0.15) is 50.7 Å². The highest BCUT2D eigenvalue weighted by atomic mass is 16.4. The number of H-pyrrole nitrogens is 1. The van der Waals surface area contributed by atoms with Gasteiger partial charge < -0.3 is 52.6 Å². The predicted molar refractivity (Wildman–Crippen MR) is 281 cm³/mol. The van der Waals surface area contributed by atoms with Crippen molar-refractivity contribution in [3.63, 3.8) is 0 Å². The number of likely N-dealkylation sites (tertiary alicyclic amines) is 1. The first-order chi connectivity index (χ1) is 36.7. The summed E-state index contributed by atoms with van der Waals surface area (Å²) in [6.45, 7) is 4.72. The van der Waals surface area contributed by atoms with E-state index in [0.717, 1.165) is 10.9 Å². The molecule has 0 aliphatic carbocycles. The van der Waals surface area contributed by atoms with Crippen molar-refractivity contribution in [3.8, 4) is 0 Å². The van der Waals surface area contributed by atoms with Crippen molar-refractivity contribution in [3.05, 3.63) is 71.9 Å². The van der Waals surface area contributed by atoms with Gasteiger partial charge in [0.25, 0.3) is 0 Å². The number of aliphatic carboxylic acids is 3. The molecule has 25 heteroatoms. The number of nitrogens with zero attached hydrogens (tertiary/aromatic N) is 5. The zero-order valence-corrected chi connectivity index (χ0v) is 43.7. The fraction of sp³-hybridized carbons (Fsp3) is 0.538. The molecule has 420 valence electrons. The minimum Gasteiger partial charge on any atom is -0.480 e. The summed E-state index contributed by atoms with van der Waals surface area (Å²) < 4.78 is 0. The van der Waals surface area contributed by atoms with Crippen LogP contribution >= 0.6 is 0 Å². The summed E-state index contributed by atoms with van der Waals surface area (Å²) in [7, 11) is 0. The lowest BCUT2D eigenvalue weighted by molar-refractivity contribution is -0.140. The Labute approximate surface area is 446 Å². The van der Waals surface area contributed by atoms with Gasteiger partial charge in [-0.3, -0.25) is 72.4 Å². The maximum absolute atomic E-state index is 14.3. The highest BCUT2D eigenvalue weighted by Crippen LogP contribution is 2.20. The van der Waals surface area contributed by atoms with Crippen molar-refractivity contribution >= 4 is 70.0 Å². The molecule has 2 fully saturated rings. The first kappa shape index (κ1) is 60.5. The molecule has 4 atom stereocenters. The Morgan fingerprint density at radius 3 is 1.56 bits per heavy atom. The zero-order chi connectivity index (χ0) is 56.0. The first-order valence-electron chi connectivity index (χ1n) is 25.9. The third-order valence-corrected chi connectivity index (χ3v) is 13.6. The number of nitrogens with one attached hydrogen (secondary N) is 6. The Morgan fingerprint density at radius 2 is 1.03 bits per heavy atom. The second-order valence-corrected chi connectivity index (χ2v) is 19.7. The van der Waals surface area contributed by atoms with E-state index in [1.54, 1.807) is 51.2 Å². The maximum Gasteiger partial charge on any atom is 0.317 e. The van der Waals surface area contributed by atoms with Gasteiger partial charge in [-0.1, -0.05) is 48.5 Å². The number of carboxylic acids is 3. The molecule has 3 heterocycles. The molecule has 0 spiro atoms. The number of rotatable bonds is 26. The van der Waals surface area contributed by atoms with Gasteiger partial charge in [-0.25, -0.2) is 0 Å². The lowest BCUT2D eigenvalue weighted by Crippen LogP contribution is -2.58. The molecular weight excluding hydrogens is 1000 g/mol. The number of hydrogen-bond acceptors (Lipinski definition) is 15. The molecule has 2 saturated heterocycles. The summed E-state index contributed by atoms with van der Waals surface area (Å²) in [4.78, 5) is 140. The van der Waals surface area contributed by atoms with Crippen molar-refractivity contribution in [2.75, 3.05) is 98.2 Å². The van der Waals surface area contributed by atoms with Crippen LogP contribution in [0.3, 0.4) is 0 Å². The summed E-state index contributed by atoms with van der Waals surface area (Å²) in [6.07, 6.45) is 2.19. The normalized spacial score (nSPS) is 17.5. The summed E-state index contributed by atoms with van der Waals surface area (Å²) in [5.74, 6) is -7.18.